The summed E-state index contributed by atoms with van der Waals surface area (Å²) in [6.07, 6.45) is 1.96. The summed E-state index contributed by atoms with van der Waals surface area (Å²) in [6.45, 7) is 6.30. The number of anilines is 1. The molecule has 0 saturated carbocycles. The van der Waals surface area contributed by atoms with E-state index in [0.29, 0.717) is 6.04 Å². The van der Waals surface area contributed by atoms with Gasteiger partial charge in [-0.05, 0) is 37.1 Å². The van der Waals surface area contributed by atoms with Crippen molar-refractivity contribution in [1.82, 2.24) is 9.88 Å². The van der Waals surface area contributed by atoms with Gasteiger partial charge < -0.3 is 5.73 Å². The number of thiazole rings is 1. The highest BCUT2D eigenvalue weighted by atomic mass is 32.1. The van der Waals surface area contributed by atoms with Gasteiger partial charge in [-0.2, -0.15) is 0 Å². The molecule has 1 aliphatic rings. The molecule has 0 fully saturated rings. The third-order valence-electron chi connectivity index (χ3n) is 3.52. The van der Waals surface area contributed by atoms with Gasteiger partial charge >= 0.3 is 0 Å². The lowest BCUT2D eigenvalue weighted by Gasteiger charge is -2.21. The highest BCUT2D eigenvalue weighted by Gasteiger charge is 2.25. The topological polar surface area (TPSA) is 42.2 Å². The molecule has 1 aromatic heterocycles. The van der Waals surface area contributed by atoms with E-state index in [1.54, 1.807) is 11.3 Å². The van der Waals surface area contributed by atoms with Crippen LogP contribution in [0.3, 0.4) is 0 Å². The number of benzene rings is 1. The Balaban J connectivity index is 1.81. The Morgan fingerprint density at radius 1 is 1.33 bits per heavy atom. The van der Waals surface area contributed by atoms with Crippen LogP contribution in [-0.2, 0) is 13.1 Å². The van der Waals surface area contributed by atoms with E-state index in [4.69, 9.17) is 5.73 Å². The summed E-state index contributed by atoms with van der Waals surface area (Å²) in [7, 11) is 0. The number of aryl methyl sites for hydroxylation is 1. The van der Waals surface area contributed by atoms with Crippen molar-refractivity contribution in [3.8, 4) is 0 Å². The standard InChI is InChI=1S/C14H17N3S/c1-9-6-16-14(18-9)10(2)17-7-11-3-4-13(15)5-12(11)8-17/h3-6,10H,7-8,15H2,1-2H3. The van der Waals surface area contributed by atoms with Crippen molar-refractivity contribution in [3.05, 3.63) is 45.4 Å². The number of nitrogens with zero attached hydrogens (tertiary/aromatic N) is 2. The van der Waals surface area contributed by atoms with Crippen molar-refractivity contribution in [2.75, 3.05) is 5.73 Å². The molecular weight excluding hydrogens is 242 g/mol. The lowest BCUT2D eigenvalue weighted by Crippen LogP contribution is -2.20. The summed E-state index contributed by atoms with van der Waals surface area (Å²) in [5.41, 5.74) is 9.44. The minimum absolute atomic E-state index is 0.373. The highest BCUT2D eigenvalue weighted by Crippen LogP contribution is 2.33. The van der Waals surface area contributed by atoms with Gasteiger partial charge in [-0.25, -0.2) is 4.98 Å². The Hall–Kier alpha value is -1.39. The van der Waals surface area contributed by atoms with Crippen LogP contribution in [0.25, 0.3) is 0 Å². The molecule has 0 aliphatic carbocycles. The number of aromatic nitrogens is 1. The van der Waals surface area contributed by atoms with Crippen LogP contribution in [0.5, 0.6) is 0 Å². The first-order valence-electron chi connectivity index (χ1n) is 6.17. The van der Waals surface area contributed by atoms with Gasteiger partial charge in [0.1, 0.15) is 5.01 Å². The van der Waals surface area contributed by atoms with E-state index in [-0.39, 0.29) is 0 Å². The molecule has 4 heteroatoms. The van der Waals surface area contributed by atoms with E-state index in [1.807, 2.05) is 12.3 Å². The van der Waals surface area contributed by atoms with E-state index in [0.717, 1.165) is 18.8 Å². The van der Waals surface area contributed by atoms with Crippen LogP contribution >= 0.6 is 11.3 Å². The number of fused-ring (bicyclic) bond motifs is 1. The summed E-state index contributed by atoms with van der Waals surface area (Å²) in [5.74, 6) is 0. The molecule has 0 radical (unpaired) electrons. The lowest BCUT2D eigenvalue weighted by atomic mass is 10.1. The molecule has 18 heavy (non-hydrogen) atoms. The number of nitrogen functional groups attached to an aromatic ring is 1. The summed E-state index contributed by atoms with van der Waals surface area (Å²) in [4.78, 5) is 8.22. The van der Waals surface area contributed by atoms with Gasteiger partial charge in [-0.15, -0.1) is 11.3 Å². The van der Waals surface area contributed by atoms with E-state index in [9.17, 15) is 0 Å². The molecule has 0 spiro atoms. The fourth-order valence-electron chi connectivity index (χ4n) is 2.44. The molecule has 0 amide bonds. The molecular formula is C14H17N3S. The smallest absolute Gasteiger partial charge is 0.110 e. The van der Waals surface area contributed by atoms with E-state index in [1.165, 1.54) is 21.0 Å². The minimum atomic E-state index is 0.373. The summed E-state index contributed by atoms with van der Waals surface area (Å²) in [6, 6.07) is 6.59. The Kier molecular flexibility index (Phi) is 2.84. The Bertz CT molecular complexity index is 576. The zero-order valence-corrected chi connectivity index (χ0v) is 11.5. The number of hydrogen-bond donors (Lipinski definition) is 1. The first kappa shape index (κ1) is 11.7. The van der Waals surface area contributed by atoms with E-state index in [2.05, 4.69) is 35.9 Å². The maximum absolute atomic E-state index is 5.84. The molecule has 3 rings (SSSR count). The fourth-order valence-corrected chi connectivity index (χ4v) is 3.30. The normalized spacial score (nSPS) is 16.8. The first-order valence-corrected chi connectivity index (χ1v) is 6.99. The summed E-state index contributed by atoms with van der Waals surface area (Å²) < 4.78 is 0. The van der Waals surface area contributed by atoms with Gasteiger partial charge in [0.15, 0.2) is 0 Å². The third kappa shape index (κ3) is 2.02. The van der Waals surface area contributed by atoms with Gasteiger partial charge in [0.2, 0.25) is 0 Å². The largest absolute Gasteiger partial charge is 0.399 e. The van der Waals surface area contributed by atoms with Crippen molar-refractivity contribution < 1.29 is 0 Å². The molecule has 2 heterocycles. The van der Waals surface area contributed by atoms with Gasteiger partial charge in [0.25, 0.3) is 0 Å². The van der Waals surface area contributed by atoms with Crippen LogP contribution in [0.15, 0.2) is 24.4 Å². The molecule has 1 aliphatic heterocycles. The predicted molar refractivity (Wildman–Crippen MR) is 75.4 cm³/mol. The summed E-state index contributed by atoms with van der Waals surface area (Å²) in [5, 5.41) is 1.20. The Morgan fingerprint density at radius 2 is 2.11 bits per heavy atom. The minimum Gasteiger partial charge on any atom is -0.399 e. The zero-order chi connectivity index (χ0) is 12.7. The van der Waals surface area contributed by atoms with Crippen LogP contribution < -0.4 is 5.73 Å². The second kappa shape index (κ2) is 4.37. The SMILES string of the molecule is Cc1cnc(C(C)N2Cc3ccc(N)cc3C2)s1. The van der Waals surface area contributed by atoms with Crippen LogP contribution in [0.1, 0.15) is 34.0 Å². The highest BCUT2D eigenvalue weighted by molar-refractivity contribution is 7.11. The third-order valence-corrected chi connectivity index (χ3v) is 4.60. The van der Waals surface area contributed by atoms with Crippen molar-refractivity contribution in [1.29, 1.82) is 0 Å². The molecule has 3 nitrogen and oxygen atoms in total. The fraction of sp³-hybridized carbons (Fsp3) is 0.357. The molecule has 1 aromatic carbocycles. The molecule has 2 N–H and O–H groups in total. The number of rotatable bonds is 2. The van der Waals surface area contributed by atoms with Gasteiger partial charge in [-0.3, -0.25) is 4.90 Å². The monoisotopic (exact) mass is 259 g/mol. The van der Waals surface area contributed by atoms with Gasteiger partial charge in [-0.1, -0.05) is 6.07 Å². The second-order valence-electron chi connectivity index (χ2n) is 4.92. The average molecular weight is 259 g/mol. The molecule has 0 saturated heterocycles. The maximum Gasteiger partial charge on any atom is 0.110 e. The molecule has 2 aromatic rings. The van der Waals surface area contributed by atoms with Crippen molar-refractivity contribution in [2.45, 2.75) is 33.0 Å². The Morgan fingerprint density at radius 3 is 2.83 bits per heavy atom. The molecule has 94 valence electrons. The Labute approximate surface area is 111 Å². The van der Waals surface area contributed by atoms with Gasteiger partial charge in [0.05, 0.1) is 6.04 Å². The maximum atomic E-state index is 5.84. The lowest BCUT2D eigenvalue weighted by molar-refractivity contribution is 0.214. The van der Waals surface area contributed by atoms with Crippen LogP contribution in [0.2, 0.25) is 0 Å². The van der Waals surface area contributed by atoms with Crippen LogP contribution in [0, 0.1) is 6.92 Å². The molecule has 1 atom stereocenters. The first-order chi connectivity index (χ1) is 8.63. The van der Waals surface area contributed by atoms with Crippen molar-refractivity contribution in [3.63, 3.8) is 0 Å². The van der Waals surface area contributed by atoms with Crippen LogP contribution in [0.4, 0.5) is 5.69 Å². The molecule has 0 bridgehead atoms. The predicted octanol–water partition coefficient (Wildman–Crippen LogP) is 3.11. The van der Waals surface area contributed by atoms with E-state index < -0.39 is 0 Å². The van der Waals surface area contributed by atoms with E-state index >= 15 is 0 Å². The van der Waals surface area contributed by atoms with Crippen molar-refractivity contribution in [2.24, 2.45) is 0 Å². The second-order valence-corrected chi connectivity index (χ2v) is 6.18. The van der Waals surface area contributed by atoms with Crippen molar-refractivity contribution >= 4 is 17.0 Å². The number of hydrogen-bond acceptors (Lipinski definition) is 4. The number of nitrogens with two attached hydrogens (primary N) is 1. The summed E-state index contributed by atoms with van der Waals surface area (Å²) >= 11 is 1.79. The zero-order valence-electron chi connectivity index (χ0n) is 10.7. The van der Waals surface area contributed by atoms with Gasteiger partial charge in [0, 0.05) is 29.9 Å². The quantitative estimate of drug-likeness (QED) is 0.843. The molecule has 1 unspecified atom stereocenters. The average Bonchev–Trinajstić information content (AvgIpc) is 2.93. The van der Waals surface area contributed by atoms with Crippen LogP contribution in [-0.4, -0.2) is 9.88 Å².